The van der Waals surface area contributed by atoms with E-state index in [1.807, 2.05) is 0 Å². The summed E-state index contributed by atoms with van der Waals surface area (Å²) in [4.78, 5) is 10.4. The molecule has 1 rings (SSSR count). The van der Waals surface area contributed by atoms with Crippen molar-refractivity contribution in [3.63, 3.8) is 0 Å². The van der Waals surface area contributed by atoms with E-state index < -0.39 is 6.09 Å². The first-order valence-electron chi connectivity index (χ1n) is 3.24. The van der Waals surface area contributed by atoms with Gasteiger partial charge in [-0.25, -0.2) is 15.6 Å². The zero-order valence-corrected chi connectivity index (χ0v) is 7.96. The van der Waals surface area contributed by atoms with E-state index in [0.717, 1.165) is 0 Å². The number of nitrogens with zero attached hydrogens (tertiary/aromatic N) is 2. The minimum atomic E-state index is -1.25. The van der Waals surface area contributed by atoms with Crippen molar-refractivity contribution in [2.24, 2.45) is 5.84 Å². The first-order valence-corrected chi connectivity index (χ1v) is 3.24. The fourth-order valence-corrected chi connectivity index (χ4v) is 0.918. The number of carbonyl (C=O) groups is 1. The molecule has 1 heterocycles. The number of aryl methyl sites for hydroxylation is 2. The SMILES string of the molecule is Cc1noc(C)c1N(N)C(=O)O.Cl. The second-order valence-corrected chi connectivity index (χ2v) is 2.33. The molecule has 0 saturated carbocycles. The second kappa shape index (κ2) is 4.11. The lowest BCUT2D eigenvalue weighted by Gasteiger charge is -2.10. The van der Waals surface area contributed by atoms with Crippen LogP contribution in [0.3, 0.4) is 0 Å². The van der Waals surface area contributed by atoms with E-state index in [-0.39, 0.29) is 12.4 Å². The first kappa shape index (κ1) is 11.7. The number of nitrogens with two attached hydrogens (primary N) is 1. The Balaban J connectivity index is 0.00000144. The quantitative estimate of drug-likeness (QED) is 0.408. The average molecular weight is 208 g/mol. The van der Waals surface area contributed by atoms with Crippen LogP contribution in [0.2, 0.25) is 0 Å². The Labute approximate surface area is 80.7 Å². The molecule has 1 aromatic rings. The fourth-order valence-electron chi connectivity index (χ4n) is 0.918. The van der Waals surface area contributed by atoms with Gasteiger partial charge in [-0.2, -0.15) is 0 Å². The smallest absolute Gasteiger partial charge is 0.426 e. The Kier molecular flexibility index (Phi) is 3.70. The highest BCUT2D eigenvalue weighted by Gasteiger charge is 2.18. The van der Waals surface area contributed by atoms with Gasteiger partial charge in [0.05, 0.1) is 0 Å². The standard InChI is InChI=1S/C6H9N3O3.ClH/c1-3-5(4(2)12-8-3)9(7)6(10)11;/h7H2,1-2H3,(H,10,11);1H. The summed E-state index contributed by atoms with van der Waals surface area (Å²) in [6.07, 6.45) is -1.25. The number of hydrazine groups is 1. The molecule has 1 aromatic heterocycles. The highest BCUT2D eigenvalue weighted by Crippen LogP contribution is 2.21. The van der Waals surface area contributed by atoms with Crippen LogP contribution in [0.1, 0.15) is 11.5 Å². The minimum Gasteiger partial charge on any atom is -0.464 e. The predicted molar refractivity (Wildman–Crippen MR) is 47.9 cm³/mol. The van der Waals surface area contributed by atoms with E-state index in [4.69, 9.17) is 15.5 Å². The number of hydrogen-bond acceptors (Lipinski definition) is 4. The van der Waals surface area contributed by atoms with Gasteiger partial charge < -0.3 is 9.63 Å². The Hall–Kier alpha value is -1.27. The third-order valence-corrected chi connectivity index (χ3v) is 1.44. The first-order chi connectivity index (χ1) is 5.54. The molecule has 0 aliphatic rings. The van der Waals surface area contributed by atoms with Crippen LogP contribution < -0.4 is 10.9 Å². The number of halogens is 1. The molecule has 0 saturated heterocycles. The Morgan fingerprint density at radius 1 is 1.62 bits per heavy atom. The van der Waals surface area contributed by atoms with Crippen molar-refractivity contribution in [1.82, 2.24) is 5.16 Å². The van der Waals surface area contributed by atoms with Gasteiger partial charge in [-0.3, -0.25) is 0 Å². The number of hydrogen-bond donors (Lipinski definition) is 2. The van der Waals surface area contributed by atoms with Crippen molar-refractivity contribution in [2.75, 3.05) is 5.01 Å². The molecular weight excluding hydrogens is 198 g/mol. The third kappa shape index (κ3) is 2.10. The summed E-state index contributed by atoms with van der Waals surface area (Å²) < 4.78 is 4.73. The highest BCUT2D eigenvalue weighted by molar-refractivity contribution is 5.86. The van der Waals surface area contributed by atoms with Gasteiger partial charge in [0.2, 0.25) is 0 Å². The van der Waals surface area contributed by atoms with Crippen LogP contribution in [0.15, 0.2) is 4.52 Å². The number of anilines is 1. The van der Waals surface area contributed by atoms with Gasteiger partial charge in [-0.15, -0.1) is 12.4 Å². The van der Waals surface area contributed by atoms with E-state index in [2.05, 4.69) is 5.16 Å². The van der Waals surface area contributed by atoms with Crippen LogP contribution in [0.4, 0.5) is 10.5 Å². The normalized spacial score (nSPS) is 9.15. The summed E-state index contributed by atoms with van der Waals surface area (Å²) in [5.41, 5.74) is 0.750. The predicted octanol–water partition coefficient (Wildman–Crippen LogP) is 1.07. The van der Waals surface area contributed by atoms with E-state index in [0.29, 0.717) is 22.2 Å². The largest absolute Gasteiger partial charge is 0.464 e. The summed E-state index contributed by atoms with van der Waals surface area (Å²) in [6, 6.07) is 0. The molecule has 0 fully saturated rings. The van der Waals surface area contributed by atoms with Crippen molar-refractivity contribution in [1.29, 1.82) is 0 Å². The fraction of sp³-hybridized carbons (Fsp3) is 0.333. The lowest BCUT2D eigenvalue weighted by Crippen LogP contribution is -2.36. The summed E-state index contributed by atoms with van der Waals surface area (Å²) in [5.74, 6) is 5.60. The minimum absolute atomic E-state index is 0. The molecule has 0 radical (unpaired) electrons. The van der Waals surface area contributed by atoms with Crippen LogP contribution in [0, 0.1) is 13.8 Å². The van der Waals surface area contributed by atoms with Crippen molar-refractivity contribution in [3.05, 3.63) is 11.5 Å². The second-order valence-electron chi connectivity index (χ2n) is 2.33. The van der Waals surface area contributed by atoms with E-state index in [9.17, 15) is 4.79 Å². The van der Waals surface area contributed by atoms with Crippen molar-refractivity contribution < 1.29 is 14.4 Å². The van der Waals surface area contributed by atoms with Crippen molar-refractivity contribution in [2.45, 2.75) is 13.8 Å². The molecular formula is C6H10ClN3O3. The Morgan fingerprint density at radius 2 is 2.15 bits per heavy atom. The number of amides is 1. The zero-order chi connectivity index (χ0) is 9.30. The Bertz CT molecular complexity index is 293. The van der Waals surface area contributed by atoms with Crippen LogP contribution >= 0.6 is 12.4 Å². The molecule has 0 aromatic carbocycles. The molecule has 7 heteroatoms. The lowest BCUT2D eigenvalue weighted by atomic mass is 10.3. The van der Waals surface area contributed by atoms with Gasteiger partial charge >= 0.3 is 6.09 Å². The van der Waals surface area contributed by atoms with Crippen LogP contribution in [0.25, 0.3) is 0 Å². The van der Waals surface area contributed by atoms with Crippen LogP contribution in [-0.2, 0) is 0 Å². The van der Waals surface area contributed by atoms with Gasteiger partial charge in [0, 0.05) is 0 Å². The van der Waals surface area contributed by atoms with Gasteiger partial charge in [-0.1, -0.05) is 5.16 Å². The molecule has 13 heavy (non-hydrogen) atoms. The van der Waals surface area contributed by atoms with Gasteiger partial charge in [-0.05, 0) is 13.8 Å². The van der Waals surface area contributed by atoms with Crippen LogP contribution in [0.5, 0.6) is 0 Å². The highest BCUT2D eigenvalue weighted by atomic mass is 35.5. The molecule has 74 valence electrons. The maximum atomic E-state index is 10.4. The van der Waals surface area contributed by atoms with Crippen LogP contribution in [-0.4, -0.2) is 16.4 Å². The summed E-state index contributed by atoms with van der Waals surface area (Å²) in [6.45, 7) is 3.22. The zero-order valence-electron chi connectivity index (χ0n) is 7.14. The summed E-state index contributed by atoms with van der Waals surface area (Å²) >= 11 is 0. The summed E-state index contributed by atoms with van der Waals surface area (Å²) in [7, 11) is 0. The summed E-state index contributed by atoms with van der Waals surface area (Å²) in [5, 5.41) is 12.7. The molecule has 0 aliphatic carbocycles. The van der Waals surface area contributed by atoms with Gasteiger partial charge in [0.15, 0.2) is 5.76 Å². The molecule has 0 spiro atoms. The molecule has 0 atom stereocenters. The lowest BCUT2D eigenvalue weighted by molar-refractivity contribution is 0.201. The molecule has 1 amide bonds. The number of aromatic nitrogens is 1. The van der Waals surface area contributed by atoms with Gasteiger partial charge in [0.1, 0.15) is 11.4 Å². The maximum Gasteiger partial charge on any atom is 0.426 e. The monoisotopic (exact) mass is 207 g/mol. The molecule has 0 bridgehead atoms. The van der Waals surface area contributed by atoms with Gasteiger partial charge in [0.25, 0.3) is 0 Å². The molecule has 3 N–H and O–H groups in total. The molecule has 6 nitrogen and oxygen atoms in total. The molecule has 0 unspecified atom stereocenters. The Morgan fingerprint density at radius 3 is 2.46 bits per heavy atom. The number of rotatable bonds is 1. The third-order valence-electron chi connectivity index (χ3n) is 1.44. The van der Waals surface area contributed by atoms with Crippen molar-refractivity contribution in [3.8, 4) is 0 Å². The molecule has 0 aliphatic heterocycles. The average Bonchev–Trinajstić information content (AvgIpc) is 2.30. The van der Waals surface area contributed by atoms with E-state index >= 15 is 0 Å². The van der Waals surface area contributed by atoms with E-state index in [1.165, 1.54) is 0 Å². The van der Waals surface area contributed by atoms with E-state index in [1.54, 1.807) is 13.8 Å². The number of carboxylic acid groups (broad SMARTS) is 1. The topological polar surface area (TPSA) is 92.6 Å². The van der Waals surface area contributed by atoms with Crippen molar-refractivity contribution >= 4 is 24.2 Å². The maximum absolute atomic E-state index is 10.4.